The molecular formula is C11H17NO2. The molecule has 0 aliphatic heterocycles. The summed E-state index contributed by atoms with van der Waals surface area (Å²) < 4.78 is 4.73. The van der Waals surface area contributed by atoms with E-state index in [4.69, 9.17) is 11.2 Å². The van der Waals surface area contributed by atoms with Gasteiger partial charge in [0.25, 0.3) is 0 Å². The molecule has 0 aromatic heterocycles. The predicted octanol–water partition coefficient (Wildman–Crippen LogP) is 0.939. The molecule has 3 heteroatoms. The molecule has 1 rings (SSSR count). The highest BCUT2D eigenvalue weighted by molar-refractivity contribution is 5.76. The van der Waals surface area contributed by atoms with E-state index in [1.165, 1.54) is 7.11 Å². The number of terminal acetylenes is 1. The number of rotatable bonds is 4. The largest absolute Gasteiger partial charge is 0.468 e. The molecule has 0 bridgehead atoms. The fourth-order valence-electron chi connectivity index (χ4n) is 1.36. The molecule has 14 heavy (non-hydrogen) atoms. The molecule has 0 amide bonds. The Bertz CT molecular complexity index is 261. The Morgan fingerprint density at radius 1 is 1.64 bits per heavy atom. The number of hydrogen-bond acceptors (Lipinski definition) is 3. The van der Waals surface area contributed by atoms with Crippen molar-refractivity contribution in [3.8, 4) is 12.3 Å². The van der Waals surface area contributed by atoms with Gasteiger partial charge in [0.05, 0.1) is 12.6 Å². The van der Waals surface area contributed by atoms with Crippen LogP contribution in [0, 0.1) is 18.3 Å². The molecule has 3 nitrogen and oxygen atoms in total. The van der Waals surface area contributed by atoms with Crippen molar-refractivity contribution in [3.63, 3.8) is 0 Å². The van der Waals surface area contributed by atoms with Crippen LogP contribution in [-0.2, 0) is 9.53 Å². The average Bonchev–Trinajstić information content (AvgIpc) is 2.96. The second-order valence-corrected chi connectivity index (χ2v) is 4.25. The highest BCUT2D eigenvalue weighted by Crippen LogP contribution is 2.33. The number of carbonyl (C=O) groups excluding carboxylic acids is 1. The van der Waals surface area contributed by atoms with Crippen molar-refractivity contribution >= 4 is 5.97 Å². The fourth-order valence-corrected chi connectivity index (χ4v) is 1.36. The van der Waals surface area contributed by atoms with Crippen molar-refractivity contribution in [2.75, 3.05) is 7.11 Å². The third-order valence-electron chi connectivity index (χ3n) is 2.43. The van der Waals surface area contributed by atoms with E-state index in [2.05, 4.69) is 11.2 Å². The lowest BCUT2D eigenvalue weighted by molar-refractivity contribution is -0.144. The molecule has 1 aliphatic rings. The number of nitrogens with one attached hydrogen (secondary N) is 1. The molecule has 1 N–H and O–H groups in total. The second kappa shape index (κ2) is 4.02. The highest BCUT2D eigenvalue weighted by atomic mass is 16.5. The monoisotopic (exact) mass is 195 g/mol. The molecule has 1 aliphatic carbocycles. The number of ether oxygens (including phenoxy) is 1. The molecule has 1 fully saturated rings. The van der Waals surface area contributed by atoms with E-state index in [-0.39, 0.29) is 12.0 Å². The van der Waals surface area contributed by atoms with E-state index in [1.54, 1.807) is 0 Å². The molecule has 1 atom stereocenters. The summed E-state index contributed by atoms with van der Waals surface area (Å²) in [6.45, 7) is 3.76. The van der Waals surface area contributed by atoms with Crippen molar-refractivity contribution in [3.05, 3.63) is 0 Å². The lowest BCUT2D eigenvalue weighted by atomic mass is 10.0. The number of carbonyl (C=O) groups is 1. The number of methoxy groups -OCH3 is 1. The molecule has 0 radical (unpaired) electrons. The summed E-state index contributed by atoms with van der Waals surface area (Å²) in [6.07, 6.45) is 7.51. The first kappa shape index (κ1) is 11.1. The molecule has 1 unspecified atom stereocenters. The molecular weight excluding hydrogens is 178 g/mol. The molecule has 0 saturated heterocycles. The van der Waals surface area contributed by atoms with Crippen LogP contribution in [0.2, 0.25) is 0 Å². The standard InChI is InChI=1S/C11H17NO2/c1-5-11(2,3)12-9(8-6-7-8)10(13)14-4/h1,8-9,12H,6-7H2,2-4H3. The van der Waals surface area contributed by atoms with Gasteiger partial charge in [0.2, 0.25) is 0 Å². The SMILES string of the molecule is C#CC(C)(C)NC(C(=O)OC)C1CC1. The van der Waals surface area contributed by atoms with Crippen molar-refractivity contribution in [2.24, 2.45) is 5.92 Å². The number of hydrogen-bond donors (Lipinski definition) is 1. The van der Waals surface area contributed by atoms with Crippen LogP contribution in [-0.4, -0.2) is 24.7 Å². The van der Waals surface area contributed by atoms with E-state index < -0.39 is 5.54 Å². The van der Waals surface area contributed by atoms with Crippen molar-refractivity contribution in [1.29, 1.82) is 0 Å². The van der Waals surface area contributed by atoms with Gasteiger partial charge < -0.3 is 4.74 Å². The van der Waals surface area contributed by atoms with E-state index in [0.717, 1.165) is 12.8 Å². The van der Waals surface area contributed by atoms with Gasteiger partial charge in [-0.1, -0.05) is 5.92 Å². The van der Waals surface area contributed by atoms with Crippen LogP contribution < -0.4 is 5.32 Å². The molecule has 0 aromatic rings. The maximum Gasteiger partial charge on any atom is 0.323 e. The number of esters is 1. The van der Waals surface area contributed by atoms with Crippen molar-refractivity contribution in [2.45, 2.75) is 38.3 Å². The van der Waals surface area contributed by atoms with Gasteiger partial charge in [0.15, 0.2) is 0 Å². The van der Waals surface area contributed by atoms with Crippen molar-refractivity contribution in [1.82, 2.24) is 5.32 Å². The first-order chi connectivity index (χ1) is 6.50. The normalized spacial score (nSPS) is 18.4. The van der Waals surface area contributed by atoms with Gasteiger partial charge in [0, 0.05) is 0 Å². The van der Waals surface area contributed by atoms with Gasteiger partial charge in [0.1, 0.15) is 6.04 Å². The second-order valence-electron chi connectivity index (χ2n) is 4.25. The molecule has 78 valence electrons. The van der Waals surface area contributed by atoms with Gasteiger partial charge in [-0.05, 0) is 32.6 Å². The van der Waals surface area contributed by atoms with Crippen LogP contribution in [0.15, 0.2) is 0 Å². The van der Waals surface area contributed by atoms with Crippen molar-refractivity contribution < 1.29 is 9.53 Å². The Balaban J connectivity index is 2.61. The summed E-state index contributed by atoms with van der Waals surface area (Å²) in [5.74, 6) is 2.80. The summed E-state index contributed by atoms with van der Waals surface area (Å²) >= 11 is 0. The molecule has 0 heterocycles. The van der Waals surface area contributed by atoms with Crippen LogP contribution in [0.3, 0.4) is 0 Å². The average molecular weight is 195 g/mol. The summed E-state index contributed by atoms with van der Waals surface area (Å²) in [7, 11) is 1.41. The minimum absolute atomic E-state index is 0.212. The van der Waals surface area contributed by atoms with Crippen LogP contribution in [0.1, 0.15) is 26.7 Å². The molecule has 0 spiro atoms. The summed E-state index contributed by atoms with van der Waals surface area (Å²) in [6, 6.07) is -0.244. The predicted molar refractivity (Wildman–Crippen MR) is 54.6 cm³/mol. The van der Waals surface area contributed by atoms with Crippen LogP contribution in [0.4, 0.5) is 0 Å². The maximum atomic E-state index is 11.4. The lowest BCUT2D eigenvalue weighted by Gasteiger charge is -2.25. The maximum absolute atomic E-state index is 11.4. The summed E-state index contributed by atoms with van der Waals surface area (Å²) in [4.78, 5) is 11.4. The van der Waals surface area contributed by atoms with E-state index >= 15 is 0 Å². The van der Waals surface area contributed by atoms with E-state index in [9.17, 15) is 4.79 Å². The fraction of sp³-hybridized carbons (Fsp3) is 0.727. The van der Waals surface area contributed by atoms with Gasteiger partial charge in [-0.2, -0.15) is 0 Å². The van der Waals surface area contributed by atoms with Gasteiger partial charge in [-0.15, -0.1) is 6.42 Å². The first-order valence-corrected chi connectivity index (χ1v) is 4.83. The van der Waals surface area contributed by atoms with E-state index in [1.807, 2.05) is 13.8 Å². The minimum atomic E-state index is -0.457. The van der Waals surface area contributed by atoms with Gasteiger partial charge >= 0.3 is 5.97 Å². The zero-order valence-corrected chi connectivity index (χ0v) is 8.96. The Morgan fingerprint density at radius 3 is 2.57 bits per heavy atom. The molecule has 1 saturated carbocycles. The van der Waals surface area contributed by atoms with Gasteiger partial charge in [-0.3, -0.25) is 10.1 Å². The van der Waals surface area contributed by atoms with Gasteiger partial charge in [-0.25, -0.2) is 0 Å². The lowest BCUT2D eigenvalue weighted by Crippen LogP contribution is -2.50. The minimum Gasteiger partial charge on any atom is -0.468 e. The summed E-state index contributed by atoms with van der Waals surface area (Å²) in [5.41, 5.74) is -0.457. The Morgan fingerprint density at radius 2 is 2.21 bits per heavy atom. The highest BCUT2D eigenvalue weighted by Gasteiger charge is 2.39. The van der Waals surface area contributed by atoms with E-state index in [0.29, 0.717) is 5.92 Å². The quantitative estimate of drug-likeness (QED) is 0.536. The zero-order chi connectivity index (χ0) is 10.8. The Labute approximate surface area is 85.2 Å². The molecule has 0 aromatic carbocycles. The zero-order valence-electron chi connectivity index (χ0n) is 8.96. The Hall–Kier alpha value is -1.01. The van der Waals surface area contributed by atoms with Crippen LogP contribution >= 0.6 is 0 Å². The topological polar surface area (TPSA) is 38.3 Å². The van der Waals surface area contributed by atoms with Crippen LogP contribution in [0.25, 0.3) is 0 Å². The first-order valence-electron chi connectivity index (χ1n) is 4.83. The van der Waals surface area contributed by atoms with Crippen LogP contribution in [0.5, 0.6) is 0 Å². The Kier molecular flexibility index (Phi) is 3.17. The third kappa shape index (κ3) is 2.74. The third-order valence-corrected chi connectivity index (χ3v) is 2.43. The smallest absolute Gasteiger partial charge is 0.323 e. The summed E-state index contributed by atoms with van der Waals surface area (Å²) in [5, 5.41) is 3.14.